The van der Waals surface area contributed by atoms with Crippen LogP contribution in [0.25, 0.3) is 0 Å². The minimum absolute atomic E-state index is 0.182. The molecule has 0 aliphatic heterocycles. The van der Waals surface area contributed by atoms with Crippen LogP contribution in [0.4, 0.5) is 4.39 Å². The van der Waals surface area contributed by atoms with Crippen molar-refractivity contribution in [1.29, 1.82) is 0 Å². The molecule has 1 rings (SSSR count). The van der Waals surface area contributed by atoms with Crippen molar-refractivity contribution < 1.29 is 4.39 Å². The largest absolute Gasteiger partial charge is 0.309 e. The first-order chi connectivity index (χ1) is 6.68. The smallest absolute Gasteiger partial charge is 0.123 e. The second kappa shape index (κ2) is 5.55. The Hall–Kier alpha value is -1.15. The predicted octanol–water partition coefficient (Wildman–Crippen LogP) is 2.88. The molecule has 0 bridgehead atoms. The van der Waals surface area contributed by atoms with Gasteiger partial charge in [0.25, 0.3) is 0 Å². The minimum Gasteiger partial charge on any atom is -0.309 e. The number of allylic oxidation sites excluding steroid dienone is 1. The van der Waals surface area contributed by atoms with Crippen LogP contribution in [-0.4, -0.2) is 6.54 Å². The van der Waals surface area contributed by atoms with Crippen molar-refractivity contribution >= 4 is 0 Å². The molecule has 0 saturated carbocycles. The highest BCUT2D eigenvalue weighted by Gasteiger charge is 1.91. The van der Waals surface area contributed by atoms with Gasteiger partial charge in [0.2, 0.25) is 0 Å². The summed E-state index contributed by atoms with van der Waals surface area (Å²) in [5, 5.41) is 3.25. The molecule has 1 aromatic rings. The molecule has 76 valence electrons. The van der Waals surface area contributed by atoms with Crippen molar-refractivity contribution in [1.82, 2.24) is 5.32 Å². The van der Waals surface area contributed by atoms with Crippen LogP contribution in [0.15, 0.2) is 35.9 Å². The molecule has 0 atom stereocenters. The van der Waals surface area contributed by atoms with E-state index in [0.717, 1.165) is 18.7 Å². The fourth-order valence-corrected chi connectivity index (χ4v) is 1.10. The number of hydrogen-bond donors (Lipinski definition) is 1. The van der Waals surface area contributed by atoms with Crippen LogP contribution in [-0.2, 0) is 6.54 Å². The maximum atomic E-state index is 12.6. The summed E-state index contributed by atoms with van der Waals surface area (Å²) >= 11 is 0. The summed E-state index contributed by atoms with van der Waals surface area (Å²) in [7, 11) is 0. The van der Waals surface area contributed by atoms with Gasteiger partial charge in [0, 0.05) is 13.1 Å². The second-order valence-electron chi connectivity index (χ2n) is 3.54. The summed E-state index contributed by atoms with van der Waals surface area (Å²) in [6.07, 6.45) is 2.13. The molecule has 0 radical (unpaired) electrons. The summed E-state index contributed by atoms with van der Waals surface area (Å²) in [6.45, 7) is 5.78. The second-order valence-corrected chi connectivity index (χ2v) is 3.54. The molecule has 2 heteroatoms. The topological polar surface area (TPSA) is 12.0 Å². The Balaban J connectivity index is 2.32. The van der Waals surface area contributed by atoms with Crippen LogP contribution in [0.5, 0.6) is 0 Å². The highest BCUT2D eigenvalue weighted by molar-refractivity contribution is 5.15. The minimum atomic E-state index is -0.182. The molecule has 0 aliphatic rings. The van der Waals surface area contributed by atoms with Gasteiger partial charge in [-0.1, -0.05) is 23.8 Å². The Morgan fingerprint density at radius 2 is 1.93 bits per heavy atom. The average molecular weight is 193 g/mol. The van der Waals surface area contributed by atoms with Gasteiger partial charge in [-0.15, -0.1) is 0 Å². The number of rotatable bonds is 4. The molecule has 0 aromatic heterocycles. The highest BCUT2D eigenvalue weighted by Crippen LogP contribution is 2.01. The van der Waals surface area contributed by atoms with E-state index in [1.807, 2.05) is 0 Å². The van der Waals surface area contributed by atoms with Crippen molar-refractivity contribution in [2.75, 3.05) is 6.54 Å². The number of hydrogen-bond acceptors (Lipinski definition) is 1. The van der Waals surface area contributed by atoms with Gasteiger partial charge >= 0.3 is 0 Å². The van der Waals surface area contributed by atoms with E-state index in [2.05, 4.69) is 25.2 Å². The van der Waals surface area contributed by atoms with Gasteiger partial charge in [0.05, 0.1) is 0 Å². The van der Waals surface area contributed by atoms with Crippen molar-refractivity contribution in [3.8, 4) is 0 Å². The Morgan fingerprint density at radius 1 is 1.29 bits per heavy atom. The van der Waals surface area contributed by atoms with Gasteiger partial charge in [-0.2, -0.15) is 0 Å². The first-order valence-corrected chi connectivity index (χ1v) is 4.77. The summed E-state index contributed by atoms with van der Waals surface area (Å²) in [4.78, 5) is 0. The summed E-state index contributed by atoms with van der Waals surface area (Å²) in [6, 6.07) is 6.56. The van der Waals surface area contributed by atoms with Gasteiger partial charge in [0.1, 0.15) is 5.82 Å². The van der Waals surface area contributed by atoms with E-state index in [9.17, 15) is 4.39 Å². The molecule has 1 aromatic carbocycles. The lowest BCUT2D eigenvalue weighted by Crippen LogP contribution is -2.12. The van der Waals surface area contributed by atoms with E-state index in [-0.39, 0.29) is 5.82 Å². The van der Waals surface area contributed by atoms with Gasteiger partial charge in [-0.3, -0.25) is 0 Å². The molecule has 1 N–H and O–H groups in total. The van der Waals surface area contributed by atoms with E-state index >= 15 is 0 Å². The zero-order chi connectivity index (χ0) is 10.4. The van der Waals surface area contributed by atoms with Crippen molar-refractivity contribution in [2.45, 2.75) is 20.4 Å². The maximum Gasteiger partial charge on any atom is 0.123 e. The standard InChI is InChI=1S/C12H16FN/c1-10(2)7-8-14-9-11-3-5-12(13)6-4-11/h3-7,14H,8-9H2,1-2H3. The van der Waals surface area contributed by atoms with Crippen LogP contribution in [0.3, 0.4) is 0 Å². The first kappa shape index (κ1) is 10.9. The van der Waals surface area contributed by atoms with E-state index in [0.29, 0.717) is 0 Å². The molecular formula is C12H16FN. The summed E-state index contributed by atoms with van der Waals surface area (Å²) in [5.41, 5.74) is 2.41. The molecular weight excluding hydrogens is 177 g/mol. The normalized spacial score (nSPS) is 9.93. The monoisotopic (exact) mass is 193 g/mol. The summed E-state index contributed by atoms with van der Waals surface area (Å²) in [5.74, 6) is -0.182. The third-order valence-corrected chi connectivity index (χ3v) is 1.90. The molecule has 0 spiro atoms. The third kappa shape index (κ3) is 4.19. The van der Waals surface area contributed by atoms with E-state index < -0.39 is 0 Å². The molecule has 0 aliphatic carbocycles. The lowest BCUT2D eigenvalue weighted by atomic mass is 10.2. The molecule has 0 saturated heterocycles. The maximum absolute atomic E-state index is 12.6. The lowest BCUT2D eigenvalue weighted by molar-refractivity contribution is 0.626. The van der Waals surface area contributed by atoms with Crippen LogP contribution in [0.1, 0.15) is 19.4 Å². The van der Waals surface area contributed by atoms with Gasteiger partial charge in [0.15, 0.2) is 0 Å². The van der Waals surface area contributed by atoms with Crippen molar-refractivity contribution in [2.24, 2.45) is 0 Å². The Labute approximate surface area is 84.6 Å². The van der Waals surface area contributed by atoms with Gasteiger partial charge < -0.3 is 5.32 Å². The third-order valence-electron chi connectivity index (χ3n) is 1.90. The van der Waals surface area contributed by atoms with Crippen LogP contribution < -0.4 is 5.32 Å². The SMILES string of the molecule is CC(C)=CCNCc1ccc(F)cc1. The van der Waals surface area contributed by atoms with Crippen LogP contribution in [0.2, 0.25) is 0 Å². The van der Waals surface area contributed by atoms with Gasteiger partial charge in [-0.25, -0.2) is 4.39 Å². The summed E-state index contributed by atoms with van der Waals surface area (Å²) < 4.78 is 12.6. The van der Waals surface area contributed by atoms with E-state index in [1.165, 1.54) is 17.7 Å². The van der Waals surface area contributed by atoms with Crippen molar-refractivity contribution in [3.05, 3.63) is 47.3 Å². The van der Waals surface area contributed by atoms with Crippen molar-refractivity contribution in [3.63, 3.8) is 0 Å². The fraction of sp³-hybridized carbons (Fsp3) is 0.333. The quantitative estimate of drug-likeness (QED) is 0.572. The molecule has 0 heterocycles. The highest BCUT2D eigenvalue weighted by atomic mass is 19.1. The molecule has 0 amide bonds. The number of halogens is 1. The lowest BCUT2D eigenvalue weighted by Gasteiger charge is -2.02. The molecule has 0 unspecified atom stereocenters. The molecule has 14 heavy (non-hydrogen) atoms. The van der Waals surface area contributed by atoms with Crippen LogP contribution >= 0.6 is 0 Å². The fourth-order valence-electron chi connectivity index (χ4n) is 1.10. The Morgan fingerprint density at radius 3 is 2.50 bits per heavy atom. The average Bonchev–Trinajstić information content (AvgIpc) is 2.15. The van der Waals surface area contributed by atoms with E-state index in [4.69, 9.17) is 0 Å². The predicted molar refractivity (Wildman–Crippen MR) is 57.5 cm³/mol. The molecule has 0 fully saturated rings. The Bertz CT molecular complexity index is 297. The zero-order valence-corrected chi connectivity index (χ0v) is 8.68. The number of nitrogens with one attached hydrogen (secondary N) is 1. The zero-order valence-electron chi connectivity index (χ0n) is 8.68. The van der Waals surface area contributed by atoms with Gasteiger partial charge in [-0.05, 0) is 31.5 Å². The van der Waals surface area contributed by atoms with E-state index in [1.54, 1.807) is 12.1 Å². The number of benzene rings is 1. The van der Waals surface area contributed by atoms with Crippen LogP contribution in [0, 0.1) is 5.82 Å². The Kier molecular flexibility index (Phi) is 4.33. The first-order valence-electron chi connectivity index (χ1n) is 4.77. The molecule has 1 nitrogen and oxygen atoms in total.